The number of aliphatic hydroxyl groups excluding tert-OH is 1. The summed E-state index contributed by atoms with van der Waals surface area (Å²) < 4.78 is 5.41. The van der Waals surface area contributed by atoms with Gasteiger partial charge in [-0.25, -0.2) is 0 Å². The molecule has 2 N–H and O–H groups in total. The molecule has 160 valence electrons. The van der Waals surface area contributed by atoms with E-state index in [0.717, 1.165) is 37.3 Å². The molecule has 0 aromatic heterocycles. The SMILES string of the molecule is CCC(C)CCN(CCOCCO)C(CC)CNC(=O)CN1C(=O)C=CC1=O. The number of ether oxygens (including phenoxy) is 1. The fourth-order valence-electron chi connectivity index (χ4n) is 2.97. The van der Waals surface area contributed by atoms with Crippen LogP contribution in [0.15, 0.2) is 12.2 Å². The van der Waals surface area contributed by atoms with Crippen LogP contribution >= 0.6 is 0 Å². The maximum absolute atomic E-state index is 12.2. The number of rotatable bonds is 15. The molecule has 0 saturated carbocycles. The van der Waals surface area contributed by atoms with E-state index in [0.29, 0.717) is 25.7 Å². The van der Waals surface area contributed by atoms with Gasteiger partial charge in [0.25, 0.3) is 11.8 Å². The summed E-state index contributed by atoms with van der Waals surface area (Å²) in [6, 6.07) is 0.133. The molecule has 0 spiro atoms. The molecule has 1 heterocycles. The van der Waals surface area contributed by atoms with Gasteiger partial charge in [0.2, 0.25) is 5.91 Å². The lowest BCUT2D eigenvalue weighted by molar-refractivity contribution is -0.141. The van der Waals surface area contributed by atoms with Crippen LogP contribution in [0.4, 0.5) is 0 Å². The molecule has 0 aliphatic carbocycles. The largest absolute Gasteiger partial charge is 0.394 e. The molecule has 3 amide bonds. The van der Waals surface area contributed by atoms with Crippen LogP contribution in [0.1, 0.15) is 40.0 Å². The van der Waals surface area contributed by atoms with Crippen LogP contribution in [0.2, 0.25) is 0 Å². The summed E-state index contributed by atoms with van der Waals surface area (Å²) in [7, 11) is 0. The van der Waals surface area contributed by atoms with Gasteiger partial charge in [-0.15, -0.1) is 0 Å². The molecule has 1 aliphatic heterocycles. The van der Waals surface area contributed by atoms with Crippen molar-refractivity contribution in [3.8, 4) is 0 Å². The van der Waals surface area contributed by atoms with Crippen LogP contribution in [0.5, 0.6) is 0 Å². The van der Waals surface area contributed by atoms with E-state index in [2.05, 4.69) is 31.0 Å². The van der Waals surface area contributed by atoms with Gasteiger partial charge in [0.05, 0.1) is 19.8 Å². The molecule has 1 aliphatic rings. The molecular formula is C20H35N3O5. The highest BCUT2D eigenvalue weighted by atomic mass is 16.5. The summed E-state index contributed by atoms with van der Waals surface area (Å²) in [5, 5.41) is 11.7. The van der Waals surface area contributed by atoms with E-state index in [1.807, 2.05) is 0 Å². The zero-order valence-corrected chi connectivity index (χ0v) is 17.4. The second-order valence-electron chi connectivity index (χ2n) is 7.14. The van der Waals surface area contributed by atoms with E-state index in [-0.39, 0.29) is 25.1 Å². The third kappa shape index (κ3) is 8.50. The van der Waals surface area contributed by atoms with Crippen LogP contribution in [0.3, 0.4) is 0 Å². The highest BCUT2D eigenvalue weighted by Gasteiger charge is 2.26. The number of carbonyl (C=O) groups excluding carboxylic acids is 3. The first-order valence-electron chi connectivity index (χ1n) is 10.2. The maximum Gasteiger partial charge on any atom is 0.254 e. The van der Waals surface area contributed by atoms with Crippen molar-refractivity contribution in [2.75, 3.05) is 46.0 Å². The minimum absolute atomic E-state index is 0.00291. The molecule has 2 atom stereocenters. The van der Waals surface area contributed by atoms with E-state index in [1.165, 1.54) is 12.2 Å². The predicted molar refractivity (Wildman–Crippen MR) is 106 cm³/mol. The first kappa shape index (κ1) is 24.3. The lowest BCUT2D eigenvalue weighted by atomic mass is 10.0. The second-order valence-corrected chi connectivity index (χ2v) is 7.14. The number of aliphatic hydroxyl groups is 1. The molecule has 1 rings (SSSR count). The Balaban J connectivity index is 2.54. The van der Waals surface area contributed by atoms with Gasteiger partial charge in [-0.05, 0) is 25.3 Å². The molecule has 0 aromatic carbocycles. The van der Waals surface area contributed by atoms with Gasteiger partial charge in [0.15, 0.2) is 0 Å². The monoisotopic (exact) mass is 397 g/mol. The van der Waals surface area contributed by atoms with Crippen LogP contribution in [-0.4, -0.2) is 84.7 Å². The zero-order valence-electron chi connectivity index (χ0n) is 17.4. The Morgan fingerprint density at radius 2 is 1.86 bits per heavy atom. The van der Waals surface area contributed by atoms with Crippen molar-refractivity contribution >= 4 is 17.7 Å². The van der Waals surface area contributed by atoms with E-state index < -0.39 is 11.8 Å². The molecule has 0 bridgehead atoms. The van der Waals surface area contributed by atoms with Crippen molar-refractivity contribution in [1.82, 2.24) is 15.1 Å². The average molecular weight is 398 g/mol. The Hall–Kier alpha value is -1.77. The molecule has 0 aromatic rings. The Labute approximate surface area is 167 Å². The normalized spacial score (nSPS) is 16.1. The van der Waals surface area contributed by atoms with Crippen molar-refractivity contribution in [2.45, 2.75) is 46.1 Å². The molecule has 0 radical (unpaired) electrons. The van der Waals surface area contributed by atoms with Crippen molar-refractivity contribution in [3.63, 3.8) is 0 Å². The number of hydrogen-bond acceptors (Lipinski definition) is 6. The fraction of sp³-hybridized carbons (Fsp3) is 0.750. The summed E-state index contributed by atoms with van der Waals surface area (Å²) in [5.74, 6) is -0.637. The molecule has 2 unspecified atom stereocenters. The molecule has 8 heteroatoms. The number of nitrogens with zero attached hydrogens (tertiary/aromatic N) is 2. The van der Waals surface area contributed by atoms with Gasteiger partial charge in [-0.1, -0.05) is 27.2 Å². The first-order valence-corrected chi connectivity index (χ1v) is 10.2. The summed E-state index contributed by atoms with van der Waals surface area (Å²) in [6.07, 6.45) is 5.38. The highest BCUT2D eigenvalue weighted by Crippen LogP contribution is 2.11. The molecule has 28 heavy (non-hydrogen) atoms. The van der Waals surface area contributed by atoms with Crippen molar-refractivity contribution in [2.24, 2.45) is 5.92 Å². The highest BCUT2D eigenvalue weighted by molar-refractivity contribution is 6.14. The van der Waals surface area contributed by atoms with Crippen LogP contribution in [0.25, 0.3) is 0 Å². The van der Waals surface area contributed by atoms with Gasteiger partial charge in [0, 0.05) is 31.3 Å². The zero-order chi connectivity index (χ0) is 20.9. The standard InChI is InChI=1S/C20H35N3O5/c1-4-16(3)8-9-22(10-12-28-13-11-24)17(5-2)14-21-18(25)15-23-19(26)6-7-20(23)27/h6-7,16-17,24H,4-5,8-15H2,1-3H3,(H,21,25). The minimum Gasteiger partial charge on any atom is -0.394 e. The molecule has 0 fully saturated rings. The minimum atomic E-state index is -0.455. The van der Waals surface area contributed by atoms with Crippen molar-refractivity contribution in [1.29, 1.82) is 0 Å². The summed E-state index contributed by atoms with van der Waals surface area (Å²) in [4.78, 5) is 38.6. The van der Waals surface area contributed by atoms with E-state index in [1.54, 1.807) is 0 Å². The topological polar surface area (TPSA) is 99.2 Å². The van der Waals surface area contributed by atoms with Gasteiger partial charge in [-0.2, -0.15) is 0 Å². The predicted octanol–water partition coefficient (Wildman–Crippen LogP) is 0.553. The van der Waals surface area contributed by atoms with Crippen molar-refractivity contribution in [3.05, 3.63) is 12.2 Å². The lowest BCUT2D eigenvalue weighted by Gasteiger charge is -2.32. The van der Waals surface area contributed by atoms with Gasteiger partial charge >= 0.3 is 0 Å². The summed E-state index contributed by atoms with van der Waals surface area (Å²) >= 11 is 0. The Bertz CT molecular complexity index is 520. The van der Waals surface area contributed by atoms with Gasteiger partial charge in [0.1, 0.15) is 6.54 Å². The average Bonchev–Trinajstić information content (AvgIpc) is 3.00. The quantitative estimate of drug-likeness (QED) is 0.309. The summed E-state index contributed by atoms with van der Waals surface area (Å²) in [6.45, 7) is 9.12. The number of hydrogen-bond donors (Lipinski definition) is 2. The Morgan fingerprint density at radius 1 is 1.18 bits per heavy atom. The molecule has 0 saturated heterocycles. The second kappa shape index (κ2) is 13.4. The van der Waals surface area contributed by atoms with E-state index in [9.17, 15) is 14.4 Å². The first-order chi connectivity index (χ1) is 13.4. The van der Waals surface area contributed by atoms with Gasteiger partial charge < -0.3 is 15.2 Å². The van der Waals surface area contributed by atoms with E-state index in [4.69, 9.17) is 9.84 Å². The van der Waals surface area contributed by atoms with Crippen LogP contribution < -0.4 is 5.32 Å². The number of imide groups is 1. The van der Waals surface area contributed by atoms with E-state index >= 15 is 0 Å². The van der Waals surface area contributed by atoms with Gasteiger partial charge in [-0.3, -0.25) is 24.2 Å². The van der Waals surface area contributed by atoms with Crippen LogP contribution in [-0.2, 0) is 19.1 Å². The smallest absolute Gasteiger partial charge is 0.254 e. The lowest BCUT2D eigenvalue weighted by Crippen LogP contribution is -2.48. The van der Waals surface area contributed by atoms with Crippen molar-refractivity contribution < 1.29 is 24.2 Å². The maximum atomic E-state index is 12.2. The number of carbonyl (C=O) groups is 3. The number of amides is 3. The molecule has 8 nitrogen and oxygen atoms in total. The Morgan fingerprint density at radius 3 is 2.43 bits per heavy atom. The van der Waals surface area contributed by atoms with Crippen LogP contribution in [0, 0.1) is 5.92 Å². The number of nitrogens with one attached hydrogen (secondary N) is 1. The third-order valence-corrected chi connectivity index (χ3v) is 5.09. The molecular weight excluding hydrogens is 362 g/mol. The third-order valence-electron chi connectivity index (χ3n) is 5.09. The fourth-order valence-corrected chi connectivity index (χ4v) is 2.97. The Kier molecular flexibility index (Phi) is 11.6. The summed E-state index contributed by atoms with van der Waals surface area (Å²) in [5.41, 5.74) is 0.